The summed E-state index contributed by atoms with van der Waals surface area (Å²) >= 11 is 0. The average molecular weight is 279 g/mol. The number of anilines is 1. The molecule has 0 aliphatic carbocycles. The molecular weight excluding hydrogens is 254 g/mol. The number of carbonyl (C=O) groups is 1. The summed E-state index contributed by atoms with van der Waals surface area (Å²) in [6.45, 7) is 8.25. The number of amides is 1. The van der Waals surface area contributed by atoms with Crippen LogP contribution in [-0.4, -0.2) is 54.5 Å². The summed E-state index contributed by atoms with van der Waals surface area (Å²) < 4.78 is 0. The lowest BCUT2D eigenvalue weighted by atomic mass is 10.2. The van der Waals surface area contributed by atoms with Gasteiger partial charge in [-0.3, -0.25) is 4.79 Å². The summed E-state index contributed by atoms with van der Waals surface area (Å²) in [5.41, 5.74) is 0.405. The maximum absolute atomic E-state index is 12.0. The van der Waals surface area contributed by atoms with Crippen LogP contribution in [0.4, 0.5) is 5.82 Å². The number of nitrogens with one attached hydrogen (secondary N) is 2. The fourth-order valence-electron chi connectivity index (χ4n) is 1.57. The Bertz CT molecular complexity index is 445. The molecule has 20 heavy (non-hydrogen) atoms. The molecule has 112 valence electrons. The van der Waals surface area contributed by atoms with E-state index in [9.17, 15) is 4.79 Å². The molecule has 0 radical (unpaired) electrons. The number of nitrogens with zero attached hydrogens (tertiary/aromatic N) is 3. The van der Waals surface area contributed by atoms with Crippen LogP contribution in [-0.2, 0) is 0 Å². The van der Waals surface area contributed by atoms with Gasteiger partial charge in [-0.25, -0.2) is 9.97 Å². The van der Waals surface area contributed by atoms with Gasteiger partial charge in [-0.15, -0.1) is 0 Å². The Hall–Kier alpha value is -1.69. The maximum atomic E-state index is 12.0. The largest absolute Gasteiger partial charge is 0.370 e. The maximum Gasteiger partial charge on any atom is 0.270 e. The highest BCUT2D eigenvalue weighted by Crippen LogP contribution is 2.07. The molecular formula is C14H25N5O. The Labute approximate surface area is 121 Å². The van der Waals surface area contributed by atoms with E-state index in [1.54, 1.807) is 13.0 Å². The van der Waals surface area contributed by atoms with Crippen molar-refractivity contribution in [3.8, 4) is 0 Å². The molecule has 0 aliphatic rings. The second-order valence-electron chi connectivity index (χ2n) is 5.52. The molecule has 1 rings (SSSR count). The predicted molar refractivity (Wildman–Crippen MR) is 81.0 cm³/mol. The van der Waals surface area contributed by atoms with E-state index in [4.69, 9.17) is 0 Å². The lowest BCUT2D eigenvalue weighted by Gasteiger charge is -2.12. The van der Waals surface area contributed by atoms with Gasteiger partial charge in [0.2, 0.25) is 0 Å². The van der Waals surface area contributed by atoms with Gasteiger partial charge < -0.3 is 15.5 Å². The standard InChI is InChI=1S/C14H25N5O/c1-10(2)9-16-13-8-12(17-11(3)18-13)14(20)15-6-7-19(4)5/h8,10H,6-7,9H2,1-5H3,(H,15,20)(H,16,17,18). The summed E-state index contributed by atoms with van der Waals surface area (Å²) in [6, 6.07) is 1.69. The molecule has 6 nitrogen and oxygen atoms in total. The van der Waals surface area contributed by atoms with Crippen molar-refractivity contribution in [1.82, 2.24) is 20.2 Å². The molecule has 1 amide bonds. The molecule has 0 aromatic carbocycles. The van der Waals surface area contributed by atoms with Gasteiger partial charge in [-0.05, 0) is 26.9 Å². The van der Waals surface area contributed by atoms with E-state index < -0.39 is 0 Å². The topological polar surface area (TPSA) is 70.2 Å². The Morgan fingerprint density at radius 1 is 1.35 bits per heavy atom. The number of aryl methyl sites for hydroxylation is 1. The van der Waals surface area contributed by atoms with Crippen molar-refractivity contribution in [3.63, 3.8) is 0 Å². The normalized spacial score (nSPS) is 10.9. The van der Waals surface area contributed by atoms with Gasteiger partial charge >= 0.3 is 0 Å². The van der Waals surface area contributed by atoms with E-state index in [0.717, 1.165) is 13.1 Å². The minimum atomic E-state index is -0.162. The van der Waals surface area contributed by atoms with Crippen molar-refractivity contribution >= 4 is 11.7 Å². The first kappa shape index (κ1) is 16.4. The summed E-state index contributed by atoms with van der Waals surface area (Å²) in [5.74, 6) is 1.65. The molecule has 2 N–H and O–H groups in total. The molecule has 0 saturated carbocycles. The molecule has 1 heterocycles. The van der Waals surface area contributed by atoms with Gasteiger partial charge in [0.25, 0.3) is 5.91 Å². The zero-order valence-corrected chi connectivity index (χ0v) is 13.0. The monoisotopic (exact) mass is 279 g/mol. The number of hydrogen-bond acceptors (Lipinski definition) is 5. The van der Waals surface area contributed by atoms with Crippen LogP contribution in [0.5, 0.6) is 0 Å². The molecule has 0 fully saturated rings. The Kier molecular flexibility index (Phi) is 6.38. The molecule has 1 aromatic heterocycles. The SMILES string of the molecule is Cc1nc(NCC(C)C)cc(C(=O)NCCN(C)C)n1. The molecule has 0 bridgehead atoms. The first-order valence-electron chi connectivity index (χ1n) is 6.91. The number of hydrogen-bond donors (Lipinski definition) is 2. The van der Waals surface area contributed by atoms with Gasteiger partial charge in [0.1, 0.15) is 17.3 Å². The first-order valence-corrected chi connectivity index (χ1v) is 6.91. The van der Waals surface area contributed by atoms with Crippen LogP contribution in [0.3, 0.4) is 0 Å². The zero-order chi connectivity index (χ0) is 15.1. The number of carbonyl (C=O) groups excluding carboxylic acids is 1. The Morgan fingerprint density at radius 3 is 2.65 bits per heavy atom. The molecule has 6 heteroatoms. The summed E-state index contributed by atoms with van der Waals surface area (Å²) in [5, 5.41) is 6.07. The predicted octanol–water partition coefficient (Wildman–Crippen LogP) is 1.14. The highest BCUT2D eigenvalue weighted by molar-refractivity contribution is 5.92. The zero-order valence-electron chi connectivity index (χ0n) is 13.0. The molecule has 0 unspecified atom stereocenters. The minimum Gasteiger partial charge on any atom is -0.370 e. The van der Waals surface area contributed by atoms with Crippen LogP contribution in [0, 0.1) is 12.8 Å². The molecule has 0 saturated heterocycles. The number of rotatable bonds is 7. The minimum absolute atomic E-state index is 0.162. The summed E-state index contributed by atoms with van der Waals surface area (Å²) in [6.07, 6.45) is 0. The van der Waals surface area contributed by atoms with Crippen molar-refractivity contribution in [2.24, 2.45) is 5.92 Å². The summed E-state index contributed by atoms with van der Waals surface area (Å²) in [4.78, 5) is 22.5. The van der Waals surface area contributed by atoms with E-state index in [1.165, 1.54) is 0 Å². The van der Waals surface area contributed by atoms with Crippen molar-refractivity contribution in [3.05, 3.63) is 17.6 Å². The molecule has 0 atom stereocenters. The molecule has 0 spiro atoms. The number of likely N-dealkylation sites (N-methyl/N-ethyl adjacent to an activating group) is 1. The van der Waals surface area contributed by atoms with Crippen LogP contribution in [0.25, 0.3) is 0 Å². The van der Waals surface area contributed by atoms with Crippen molar-refractivity contribution in [2.45, 2.75) is 20.8 Å². The van der Waals surface area contributed by atoms with E-state index in [2.05, 4.69) is 34.4 Å². The Morgan fingerprint density at radius 2 is 2.05 bits per heavy atom. The first-order chi connectivity index (χ1) is 9.38. The fourth-order valence-corrected chi connectivity index (χ4v) is 1.57. The van der Waals surface area contributed by atoms with Gasteiger partial charge in [-0.2, -0.15) is 0 Å². The second-order valence-corrected chi connectivity index (χ2v) is 5.52. The van der Waals surface area contributed by atoms with Crippen molar-refractivity contribution in [2.75, 3.05) is 39.0 Å². The van der Waals surface area contributed by atoms with Gasteiger partial charge in [0.15, 0.2) is 0 Å². The van der Waals surface area contributed by atoms with Crippen LogP contribution >= 0.6 is 0 Å². The third-order valence-electron chi connectivity index (χ3n) is 2.61. The van der Waals surface area contributed by atoms with Crippen LogP contribution < -0.4 is 10.6 Å². The highest BCUT2D eigenvalue weighted by atomic mass is 16.1. The highest BCUT2D eigenvalue weighted by Gasteiger charge is 2.10. The lowest BCUT2D eigenvalue weighted by Crippen LogP contribution is -2.32. The van der Waals surface area contributed by atoms with E-state index in [-0.39, 0.29) is 5.91 Å². The smallest absolute Gasteiger partial charge is 0.270 e. The fraction of sp³-hybridized carbons (Fsp3) is 0.643. The van der Waals surface area contributed by atoms with E-state index in [1.807, 2.05) is 19.0 Å². The van der Waals surface area contributed by atoms with Crippen LogP contribution in [0.1, 0.15) is 30.2 Å². The lowest BCUT2D eigenvalue weighted by molar-refractivity contribution is 0.0945. The van der Waals surface area contributed by atoms with Crippen molar-refractivity contribution < 1.29 is 4.79 Å². The summed E-state index contributed by atoms with van der Waals surface area (Å²) in [7, 11) is 3.93. The van der Waals surface area contributed by atoms with Gasteiger partial charge in [0.05, 0.1) is 0 Å². The van der Waals surface area contributed by atoms with Gasteiger partial charge in [-0.1, -0.05) is 13.8 Å². The molecule has 1 aromatic rings. The molecule has 0 aliphatic heterocycles. The number of aromatic nitrogens is 2. The van der Waals surface area contributed by atoms with E-state index >= 15 is 0 Å². The second kappa shape index (κ2) is 7.79. The average Bonchev–Trinajstić information content (AvgIpc) is 2.35. The van der Waals surface area contributed by atoms with E-state index in [0.29, 0.717) is 29.8 Å². The van der Waals surface area contributed by atoms with Crippen molar-refractivity contribution in [1.29, 1.82) is 0 Å². The third kappa shape index (κ3) is 5.97. The quantitative estimate of drug-likeness (QED) is 0.783. The van der Waals surface area contributed by atoms with Crippen LogP contribution in [0.15, 0.2) is 6.07 Å². The van der Waals surface area contributed by atoms with Gasteiger partial charge in [0, 0.05) is 25.7 Å². The Balaban J connectivity index is 2.66. The third-order valence-corrected chi connectivity index (χ3v) is 2.61. The van der Waals surface area contributed by atoms with Crippen LogP contribution in [0.2, 0.25) is 0 Å².